The smallest absolute Gasteiger partial charge is 0.00232 e. The van der Waals surface area contributed by atoms with Gasteiger partial charge in [-0.1, -0.05) is 98.8 Å². The second-order valence-electron chi connectivity index (χ2n) is 6.83. The molecule has 3 aromatic rings. The van der Waals surface area contributed by atoms with Gasteiger partial charge in [0.15, 0.2) is 0 Å². The first kappa shape index (κ1) is 14.0. The van der Waals surface area contributed by atoms with Gasteiger partial charge in [0.05, 0.1) is 0 Å². The van der Waals surface area contributed by atoms with Crippen molar-refractivity contribution >= 4 is 12.2 Å². The molecule has 4 rings (SSSR count). The van der Waals surface area contributed by atoms with Crippen molar-refractivity contribution in [2.45, 2.75) is 13.8 Å². The van der Waals surface area contributed by atoms with Crippen LogP contribution in [0, 0.1) is 5.41 Å². The highest BCUT2D eigenvalue weighted by Crippen LogP contribution is 2.26. The standard InChI is InChI=1S/C23H20/c1-23(2)15-21-19(17-9-5-3-6-10-17)13-14-20(22(21)16-23)18-11-7-4-8-12-18/h3-16H,1-2H3. The molecule has 0 nitrogen and oxygen atoms in total. The number of rotatable bonds is 2. The van der Waals surface area contributed by atoms with Crippen LogP contribution in [0.25, 0.3) is 34.4 Å². The molecule has 3 aromatic carbocycles. The molecule has 0 saturated heterocycles. The monoisotopic (exact) mass is 296 g/mol. The summed E-state index contributed by atoms with van der Waals surface area (Å²) in [6, 6.07) is 25.9. The molecule has 23 heavy (non-hydrogen) atoms. The lowest BCUT2D eigenvalue weighted by Crippen LogP contribution is -2.25. The zero-order valence-electron chi connectivity index (χ0n) is 13.6. The Hall–Kier alpha value is -2.60. The number of fused-ring (bicyclic) bond motifs is 1. The third-order valence-electron chi connectivity index (χ3n) is 4.49. The van der Waals surface area contributed by atoms with Crippen molar-refractivity contribution in [3.05, 3.63) is 83.2 Å². The van der Waals surface area contributed by atoms with Gasteiger partial charge < -0.3 is 0 Å². The van der Waals surface area contributed by atoms with E-state index in [1.165, 1.54) is 32.7 Å². The molecule has 1 aliphatic rings. The molecular formula is C23H20. The summed E-state index contributed by atoms with van der Waals surface area (Å²) in [5.41, 5.74) is 5.30. The summed E-state index contributed by atoms with van der Waals surface area (Å²) >= 11 is 0. The largest absolute Gasteiger partial charge is 0.0666 e. The highest BCUT2D eigenvalue weighted by Gasteiger charge is 2.19. The van der Waals surface area contributed by atoms with E-state index in [-0.39, 0.29) is 5.41 Å². The summed E-state index contributed by atoms with van der Waals surface area (Å²) in [5, 5.41) is 2.73. The molecule has 0 heteroatoms. The van der Waals surface area contributed by atoms with Gasteiger partial charge >= 0.3 is 0 Å². The maximum atomic E-state index is 2.40. The maximum Gasteiger partial charge on any atom is 0.00232 e. The van der Waals surface area contributed by atoms with Crippen molar-refractivity contribution in [3.63, 3.8) is 0 Å². The van der Waals surface area contributed by atoms with Crippen LogP contribution in [-0.4, -0.2) is 0 Å². The zero-order valence-corrected chi connectivity index (χ0v) is 13.6. The molecule has 0 spiro atoms. The van der Waals surface area contributed by atoms with Crippen LogP contribution < -0.4 is 10.4 Å². The van der Waals surface area contributed by atoms with Gasteiger partial charge in [-0.05, 0) is 32.7 Å². The SMILES string of the molecule is CC1(C)C=c2c(-c3ccccc3)ccc(-c3ccccc3)c2=C1. The van der Waals surface area contributed by atoms with Gasteiger partial charge in [-0.3, -0.25) is 0 Å². The summed E-state index contributed by atoms with van der Waals surface area (Å²) in [7, 11) is 0. The molecule has 0 radical (unpaired) electrons. The number of hydrogen-bond acceptors (Lipinski definition) is 0. The molecule has 0 bridgehead atoms. The lowest BCUT2D eigenvalue weighted by atomic mass is 9.95. The average molecular weight is 296 g/mol. The summed E-state index contributed by atoms with van der Waals surface area (Å²) in [4.78, 5) is 0. The van der Waals surface area contributed by atoms with Crippen molar-refractivity contribution < 1.29 is 0 Å². The Kier molecular flexibility index (Phi) is 3.20. The van der Waals surface area contributed by atoms with Crippen molar-refractivity contribution in [1.29, 1.82) is 0 Å². The average Bonchev–Trinajstić information content (AvgIpc) is 2.90. The molecule has 0 amide bonds. The maximum absolute atomic E-state index is 2.40. The van der Waals surface area contributed by atoms with Crippen LogP contribution in [0.15, 0.2) is 72.8 Å². The molecule has 0 fully saturated rings. The van der Waals surface area contributed by atoms with E-state index in [9.17, 15) is 0 Å². The van der Waals surface area contributed by atoms with E-state index in [1.54, 1.807) is 0 Å². The van der Waals surface area contributed by atoms with Gasteiger partial charge in [-0.15, -0.1) is 0 Å². The van der Waals surface area contributed by atoms with Crippen LogP contribution in [-0.2, 0) is 0 Å². The van der Waals surface area contributed by atoms with Crippen LogP contribution in [0.3, 0.4) is 0 Å². The Morgan fingerprint density at radius 2 is 0.913 bits per heavy atom. The van der Waals surface area contributed by atoms with E-state index >= 15 is 0 Å². The van der Waals surface area contributed by atoms with Gasteiger partial charge in [0.1, 0.15) is 0 Å². The predicted octanol–water partition coefficient (Wildman–Crippen LogP) is 4.62. The van der Waals surface area contributed by atoms with Crippen molar-refractivity contribution in [2.24, 2.45) is 5.41 Å². The first-order valence-corrected chi connectivity index (χ1v) is 8.14. The van der Waals surface area contributed by atoms with Gasteiger partial charge in [0, 0.05) is 5.41 Å². The van der Waals surface area contributed by atoms with Crippen molar-refractivity contribution in [3.8, 4) is 22.3 Å². The van der Waals surface area contributed by atoms with E-state index in [1.807, 2.05) is 0 Å². The Balaban J connectivity index is 2.04. The Labute approximate surface area is 137 Å². The Morgan fingerprint density at radius 3 is 1.30 bits per heavy atom. The van der Waals surface area contributed by atoms with Crippen molar-refractivity contribution in [1.82, 2.24) is 0 Å². The van der Waals surface area contributed by atoms with Gasteiger partial charge in [-0.2, -0.15) is 0 Å². The van der Waals surface area contributed by atoms with E-state index in [0.717, 1.165) is 0 Å². The van der Waals surface area contributed by atoms with E-state index in [2.05, 4.69) is 98.8 Å². The highest BCUT2D eigenvalue weighted by molar-refractivity contribution is 5.77. The fourth-order valence-electron chi connectivity index (χ4n) is 3.47. The van der Waals surface area contributed by atoms with Crippen LogP contribution in [0.5, 0.6) is 0 Å². The summed E-state index contributed by atoms with van der Waals surface area (Å²) in [6.45, 7) is 4.55. The molecule has 0 aliphatic heterocycles. The van der Waals surface area contributed by atoms with Crippen LogP contribution in [0.4, 0.5) is 0 Å². The molecule has 0 unspecified atom stereocenters. The minimum atomic E-state index is 0.0940. The first-order chi connectivity index (χ1) is 11.1. The fourth-order valence-corrected chi connectivity index (χ4v) is 3.47. The Bertz CT molecular complexity index is 881. The van der Waals surface area contributed by atoms with Crippen LogP contribution >= 0.6 is 0 Å². The van der Waals surface area contributed by atoms with Crippen LogP contribution in [0.1, 0.15) is 13.8 Å². The van der Waals surface area contributed by atoms with Crippen molar-refractivity contribution in [2.75, 3.05) is 0 Å². The van der Waals surface area contributed by atoms with E-state index in [4.69, 9.17) is 0 Å². The first-order valence-electron chi connectivity index (χ1n) is 8.14. The number of hydrogen-bond donors (Lipinski definition) is 0. The lowest BCUT2D eigenvalue weighted by molar-refractivity contribution is 0.724. The molecule has 0 atom stereocenters. The fraction of sp³-hybridized carbons (Fsp3) is 0.130. The molecule has 1 aliphatic carbocycles. The summed E-state index contributed by atoms with van der Waals surface area (Å²) < 4.78 is 0. The predicted molar refractivity (Wildman–Crippen MR) is 99.3 cm³/mol. The second-order valence-corrected chi connectivity index (χ2v) is 6.83. The third-order valence-corrected chi connectivity index (χ3v) is 4.49. The summed E-state index contributed by atoms with van der Waals surface area (Å²) in [6.07, 6.45) is 4.80. The third kappa shape index (κ3) is 2.51. The lowest BCUT2D eigenvalue weighted by Gasteiger charge is -2.09. The summed E-state index contributed by atoms with van der Waals surface area (Å²) in [5.74, 6) is 0. The van der Waals surface area contributed by atoms with E-state index < -0.39 is 0 Å². The molecule has 0 N–H and O–H groups in total. The minimum absolute atomic E-state index is 0.0940. The quantitative estimate of drug-likeness (QED) is 0.647. The second kappa shape index (κ2) is 5.24. The molecular weight excluding hydrogens is 276 g/mol. The number of benzene rings is 3. The van der Waals surface area contributed by atoms with Gasteiger partial charge in [0.2, 0.25) is 0 Å². The minimum Gasteiger partial charge on any atom is -0.0666 e. The molecule has 0 heterocycles. The highest BCUT2D eigenvalue weighted by atomic mass is 14.2. The van der Waals surface area contributed by atoms with Crippen LogP contribution in [0.2, 0.25) is 0 Å². The molecule has 0 aromatic heterocycles. The molecule has 0 saturated carbocycles. The molecule has 112 valence electrons. The van der Waals surface area contributed by atoms with E-state index in [0.29, 0.717) is 0 Å². The zero-order chi connectivity index (χ0) is 15.9. The van der Waals surface area contributed by atoms with Gasteiger partial charge in [-0.25, -0.2) is 0 Å². The normalized spacial score (nSPS) is 14.7. The topological polar surface area (TPSA) is 0 Å². The van der Waals surface area contributed by atoms with Gasteiger partial charge in [0.25, 0.3) is 0 Å². The Morgan fingerprint density at radius 1 is 0.522 bits per heavy atom.